The molecule has 0 amide bonds. The van der Waals surface area contributed by atoms with E-state index in [1.807, 2.05) is 38.1 Å². The first-order chi connectivity index (χ1) is 9.51. The fourth-order valence-corrected chi connectivity index (χ4v) is 1.83. The Hall–Kier alpha value is -1.59. The molecule has 1 aromatic carbocycles. The summed E-state index contributed by atoms with van der Waals surface area (Å²) in [4.78, 5) is 10.5. The van der Waals surface area contributed by atoms with Crippen LogP contribution in [-0.4, -0.2) is 41.5 Å². The smallest absolute Gasteiger partial charge is 0.303 e. The number of nitrogens with one attached hydrogen (secondary N) is 1. The summed E-state index contributed by atoms with van der Waals surface area (Å²) >= 11 is 0. The summed E-state index contributed by atoms with van der Waals surface area (Å²) in [6.07, 6.45) is 0.648. The molecule has 1 aromatic rings. The lowest BCUT2D eigenvalue weighted by atomic mass is 10.1. The van der Waals surface area contributed by atoms with Gasteiger partial charge in [0.1, 0.15) is 12.4 Å². The van der Waals surface area contributed by atoms with Gasteiger partial charge in [-0.05, 0) is 24.1 Å². The van der Waals surface area contributed by atoms with Crippen LogP contribution in [0, 0.1) is 0 Å². The van der Waals surface area contributed by atoms with E-state index in [0.717, 1.165) is 5.56 Å². The Morgan fingerprint density at radius 3 is 2.45 bits per heavy atom. The summed E-state index contributed by atoms with van der Waals surface area (Å²) < 4.78 is 5.60. The average molecular weight is 281 g/mol. The Bertz CT molecular complexity index is 403. The van der Waals surface area contributed by atoms with Crippen molar-refractivity contribution in [1.29, 1.82) is 0 Å². The number of benzene rings is 1. The molecular formula is C15H23NO4. The van der Waals surface area contributed by atoms with Crippen molar-refractivity contribution in [2.75, 3.05) is 13.2 Å². The normalized spacial score (nSPS) is 12.4. The Balaban J connectivity index is 2.42. The van der Waals surface area contributed by atoms with E-state index in [9.17, 15) is 9.90 Å². The van der Waals surface area contributed by atoms with E-state index in [0.29, 0.717) is 18.8 Å². The van der Waals surface area contributed by atoms with Crippen LogP contribution in [0.1, 0.15) is 25.8 Å². The van der Waals surface area contributed by atoms with Gasteiger partial charge in [-0.1, -0.05) is 26.0 Å². The lowest BCUT2D eigenvalue weighted by Crippen LogP contribution is -2.41. The summed E-state index contributed by atoms with van der Waals surface area (Å²) in [6.45, 7) is 4.44. The van der Waals surface area contributed by atoms with E-state index >= 15 is 0 Å². The first kappa shape index (κ1) is 16.5. The standard InChI is InChI=1S/C15H23NO4/c1-11(2)16-13(9-17)10-20-14-6-3-12(4-7-14)5-8-15(18)19/h3-4,6-7,11,13,16-17H,5,8-10H2,1-2H3,(H,18,19). The SMILES string of the molecule is CC(C)NC(CO)COc1ccc(CCC(=O)O)cc1. The van der Waals surface area contributed by atoms with Gasteiger partial charge in [0.15, 0.2) is 0 Å². The van der Waals surface area contributed by atoms with E-state index in [1.165, 1.54) is 0 Å². The number of hydrogen-bond donors (Lipinski definition) is 3. The van der Waals surface area contributed by atoms with Crippen molar-refractivity contribution >= 4 is 5.97 Å². The van der Waals surface area contributed by atoms with E-state index in [-0.39, 0.29) is 25.1 Å². The number of hydrogen-bond acceptors (Lipinski definition) is 4. The number of carboxylic acid groups (broad SMARTS) is 1. The number of aliphatic carboxylic acids is 1. The van der Waals surface area contributed by atoms with Crippen LogP contribution in [0.5, 0.6) is 5.75 Å². The van der Waals surface area contributed by atoms with Gasteiger partial charge in [0.25, 0.3) is 0 Å². The fourth-order valence-electron chi connectivity index (χ4n) is 1.83. The van der Waals surface area contributed by atoms with Crippen LogP contribution in [0.2, 0.25) is 0 Å². The third kappa shape index (κ3) is 6.54. The summed E-state index contributed by atoms with van der Waals surface area (Å²) in [7, 11) is 0. The molecule has 0 saturated heterocycles. The molecule has 0 aliphatic carbocycles. The zero-order valence-electron chi connectivity index (χ0n) is 12.0. The van der Waals surface area contributed by atoms with Gasteiger partial charge in [0.2, 0.25) is 0 Å². The highest BCUT2D eigenvalue weighted by atomic mass is 16.5. The lowest BCUT2D eigenvalue weighted by Gasteiger charge is -2.19. The summed E-state index contributed by atoms with van der Waals surface area (Å²) in [5.41, 5.74) is 0.971. The van der Waals surface area contributed by atoms with Gasteiger partial charge in [0, 0.05) is 12.5 Å². The number of rotatable bonds is 9. The number of aliphatic hydroxyl groups excluding tert-OH is 1. The molecule has 20 heavy (non-hydrogen) atoms. The summed E-state index contributed by atoms with van der Waals surface area (Å²) in [5, 5.41) is 21.0. The maximum absolute atomic E-state index is 10.5. The van der Waals surface area contributed by atoms with Crippen LogP contribution < -0.4 is 10.1 Å². The highest BCUT2D eigenvalue weighted by Crippen LogP contribution is 2.13. The third-order valence-corrected chi connectivity index (χ3v) is 2.79. The molecule has 112 valence electrons. The molecule has 0 aliphatic heterocycles. The fraction of sp³-hybridized carbons (Fsp3) is 0.533. The van der Waals surface area contributed by atoms with Crippen LogP contribution in [0.3, 0.4) is 0 Å². The van der Waals surface area contributed by atoms with Crippen molar-refractivity contribution in [3.05, 3.63) is 29.8 Å². The van der Waals surface area contributed by atoms with Gasteiger partial charge in [0.05, 0.1) is 12.6 Å². The van der Waals surface area contributed by atoms with Crippen LogP contribution in [0.15, 0.2) is 24.3 Å². The molecule has 0 fully saturated rings. The van der Waals surface area contributed by atoms with Crippen molar-refractivity contribution in [2.45, 2.75) is 38.8 Å². The third-order valence-electron chi connectivity index (χ3n) is 2.79. The van der Waals surface area contributed by atoms with Crippen molar-refractivity contribution < 1.29 is 19.7 Å². The molecule has 1 atom stereocenters. The molecule has 5 nitrogen and oxygen atoms in total. The molecule has 3 N–H and O–H groups in total. The van der Waals surface area contributed by atoms with Gasteiger partial charge in [-0.2, -0.15) is 0 Å². The van der Waals surface area contributed by atoms with E-state index in [4.69, 9.17) is 9.84 Å². The van der Waals surface area contributed by atoms with E-state index < -0.39 is 5.97 Å². The minimum Gasteiger partial charge on any atom is -0.492 e. The maximum Gasteiger partial charge on any atom is 0.303 e. The van der Waals surface area contributed by atoms with Crippen LogP contribution in [0.4, 0.5) is 0 Å². The lowest BCUT2D eigenvalue weighted by molar-refractivity contribution is -0.136. The predicted octanol–water partition coefficient (Wildman–Crippen LogP) is 1.44. The van der Waals surface area contributed by atoms with Gasteiger partial charge >= 0.3 is 5.97 Å². The van der Waals surface area contributed by atoms with Gasteiger partial charge in [-0.3, -0.25) is 4.79 Å². The monoisotopic (exact) mass is 281 g/mol. The van der Waals surface area contributed by atoms with Crippen molar-refractivity contribution in [3.63, 3.8) is 0 Å². The molecule has 1 rings (SSSR count). The van der Waals surface area contributed by atoms with Crippen molar-refractivity contribution in [3.8, 4) is 5.75 Å². The second-order valence-electron chi connectivity index (χ2n) is 5.05. The topological polar surface area (TPSA) is 78.8 Å². The Morgan fingerprint density at radius 1 is 1.30 bits per heavy atom. The Labute approximate surface area is 119 Å². The van der Waals surface area contributed by atoms with Crippen LogP contribution in [0.25, 0.3) is 0 Å². The zero-order chi connectivity index (χ0) is 15.0. The second-order valence-corrected chi connectivity index (χ2v) is 5.05. The summed E-state index contributed by atoms with van der Waals surface area (Å²) in [6, 6.07) is 7.56. The average Bonchev–Trinajstić information content (AvgIpc) is 2.41. The van der Waals surface area contributed by atoms with Gasteiger partial charge < -0.3 is 20.3 Å². The first-order valence-electron chi connectivity index (χ1n) is 6.81. The highest BCUT2D eigenvalue weighted by Gasteiger charge is 2.09. The van der Waals surface area contributed by atoms with E-state index in [2.05, 4.69) is 5.32 Å². The number of aryl methyl sites for hydroxylation is 1. The molecule has 0 heterocycles. The molecule has 5 heteroatoms. The second kappa shape index (κ2) is 8.55. The molecule has 0 aromatic heterocycles. The molecule has 0 saturated carbocycles. The zero-order valence-corrected chi connectivity index (χ0v) is 12.0. The Kier molecular flexibility index (Phi) is 7.04. The van der Waals surface area contributed by atoms with Crippen LogP contribution >= 0.6 is 0 Å². The van der Waals surface area contributed by atoms with Crippen LogP contribution in [-0.2, 0) is 11.2 Å². The van der Waals surface area contributed by atoms with Crippen molar-refractivity contribution in [1.82, 2.24) is 5.32 Å². The van der Waals surface area contributed by atoms with Crippen molar-refractivity contribution in [2.24, 2.45) is 0 Å². The number of carbonyl (C=O) groups is 1. The number of ether oxygens (including phenoxy) is 1. The Morgan fingerprint density at radius 2 is 1.95 bits per heavy atom. The minimum absolute atomic E-state index is 0.0227. The first-order valence-corrected chi connectivity index (χ1v) is 6.81. The molecule has 0 aliphatic rings. The van der Waals surface area contributed by atoms with Gasteiger partial charge in [-0.25, -0.2) is 0 Å². The molecular weight excluding hydrogens is 258 g/mol. The molecule has 0 spiro atoms. The molecule has 0 bridgehead atoms. The maximum atomic E-state index is 10.5. The molecule has 0 radical (unpaired) electrons. The predicted molar refractivity (Wildman–Crippen MR) is 77.0 cm³/mol. The minimum atomic E-state index is -0.795. The highest BCUT2D eigenvalue weighted by molar-refractivity contribution is 5.67. The number of aliphatic hydroxyl groups is 1. The molecule has 1 unspecified atom stereocenters. The van der Waals surface area contributed by atoms with E-state index in [1.54, 1.807) is 0 Å². The van der Waals surface area contributed by atoms with Gasteiger partial charge in [-0.15, -0.1) is 0 Å². The quantitative estimate of drug-likeness (QED) is 0.638. The summed E-state index contributed by atoms with van der Waals surface area (Å²) in [5.74, 6) is -0.0797. The number of carboxylic acids is 1. The largest absolute Gasteiger partial charge is 0.492 e.